The van der Waals surface area contributed by atoms with E-state index in [1.807, 2.05) is 0 Å². The summed E-state index contributed by atoms with van der Waals surface area (Å²) in [6, 6.07) is 3.04. The number of aliphatic imine (C=N–C) groups is 1. The summed E-state index contributed by atoms with van der Waals surface area (Å²) in [6.07, 6.45) is 1.70. The molecule has 0 saturated heterocycles. The molecule has 12 N–H and O–H groups in total. The van der Waals surface area contributed by atoms with Gasteiger partial charge in [-0.1, -0.05) is 26.0 Å². The van der Waals surface area contributed by atoms with E-state index in [1.54, 1.807) is 13.8 Å². The molecule has 0 aliphatic heterocycles. The van der Waals surface area contributed by atoms with E-state index in [2.05, 4.69) is 36.3 Å². The number of hydrogen-bond donors (Lipinski definition) is 8. The average Bonchev–Trinajstić information content (AvgIpc) is 3.67. The van der Waals surface area contributed by atoms with Crippen LogP contribution < -0.4 is 44.2 Å². The number of primary amides is 2. The number of benzene rings is 2. The second-order valence-corrected chi connectivity index (χ2v) is 13.0. The number of guanidine groups is 1. The number of halogens is 1. The van der Waals surface area contributed by atoms with E-state index in [1.165, 1.54) is 36.9 Å². The Labute approximate surface area is 319 Å². The zero-order valence-corrected chi connectivity index (χ0v) is 30.5. The van der Waals surface area contributed by atoms with Crippen molar-refractivity contribution in [3.05, 3.63) is 82.2 Å². The van der Waals surface area contributed by atoms with E-state index in [0.29, 0.717) is 5.56 Å². The van der Waals surface area contributed by atoms with Crippen molar-refractivity contribution in [3.8, 4) is 5.69 Å². The van der Waals surface area contributed by atoms with Crippen LogP contribution in [0, 0.1) is 21.8 Å². The minimum atomic E-state index is -1.62. The average molecular weight is 782 g/mol. The first-order valence-corrected chi connectivity index (χ1v) is 17.2. The topological polar surface area (TPSA) is 341 Å². The van der Waals surface area contributed by atoms with Crippen LogP contribution in [0.4, 0.5) is 10.1 Å². The summed E-state index contributed by atoms with van der Waals surface area (Å²) in [4.78, 5) is 97.2. The maximum Gasteiger partial charge on any atom is 0.295 e. The molecule has 0 radical (unpaired) electrons. The molecule has 1 heterocycles. The molecule has 3 rings (SSSR count). The predicted octanol–water partition coefficient (Wildman–Crippen LogP) is -1.43. The Morgan fingerprint density at radius 2 is 1.50 bits per heavy atom. The van der Waals surface area contributed by atoms with Crippen LogP contribution in [0.2, 0.25) is 0 Å². The molecule has 0 spiro atoms. The monoisotopic (exact) mass is 781 g/mol. The summed E-state index contributed by atoms with van der Waals surface area (Å²) in [7, 11) is 0. The smallest absolute Gasteiger partial charge is 0.295 e. The number of nitro groups is 1. The molecule has 22 heteroatoms. The molecule has 0 bridgehead atoms. The van der Waals surface area contributed by atoms with Crippen molar-refractivity contribution < 1.29 is 38.1 Å². The lowest BCUT2D eigenvalue weighted by atomic mass is 10.0. The van der Waals surface area contributed by atoms with Crippen molar-refractivity contribution in [2.45, 2.75) is 70.1 Å². The van der Waals surface area contributed by atoms with E-state index in [9.17, 15) is 43.3 Å². The van der Waals surface area contributed by atoms with Crippen LogP contribution in [0.25, 0.3) is 5.69 Å². The van der Waals surface area contributed by atoms with Gasteiger partial charge in [0.25, 0.3) is 11.6 Å². The zero-order chi connectivity index (χ0) is 41.5. The first-order valence-electron chi connectivity index (χ1n) is 17.2. The Hall–Kier alpha value is -7.00. The molecule has 0 aliphatic carbocycles. The van der Waals surface area contributed by atoms with Crippen LogP contribution in [-0.2, 0) is 30.4 Å². The van der Waals surface area contributed by atoms with Gasteiger partial charge in [0, 0.05) is 24.6 Å². The Balaban J connectivity index is 1.84. The SMILES string of the molecule is CC(C)C[C@H](NC(=O)[C@H](CCCN=C(N)N)NC(=O)c1ccc(-n2cncn2)c([N+](=O)[O-])c1)C(=O)N[C@@H](CC(N)=O)C(=O)N[C@@H](Cc1ccc(F)cc1)C(N)=O. The summed E-state index contributed by atoms with van der Waals surface area (Å²) in [5, 5.41) is 25.6. The summed E-state index contributed by atoms with van der Waals surface area (Å²) in [5.41, 5.74) is 21.5. The van der Waals surface area contributed by atoms with Crippen LogP contribution in [-0.4, -0.2) is 91.8 Å². The summed E-state index contributed by atoms with van der Waals surface area (Å²) in [5.74, 6) is -6.51. The van der Waals surface area contributed by atoms with E-state index in [0.717, 1.165) is 22.9 Å². The Bertz CT molecular complexity index is 1920. The third-order valence-electron chi connectivity index (χ3n) is 8.06. The maximum absolute atomic E-state index is 13.8. The minimum absolute atomic E-state index is 0.0154. The van der Waals surface area contributed by atoms with Crippen molar-refractivity contribution in [1.82, 2.24) is 36.0 Å². The Kier molecular flexibility index (Phi) is 15.9. The van der Waals surface area contributed by atoms with E-state index < -0.39 is 82.5 Å². The standard InChI is InChI=1S/C34H44FN13O8/c1-18(2)12-24(32(53)46-25(15-28(36)49)33(54)44-23(29(37)50)13-19-5-8-21(35)9-6-19)45-31(52)22(4-3-11-41-34(38)39)43-30(51)20-7-10-26(27(14-20)48(55)56)47-17-40-16-42-47/h5-10,14,16-18,22-25H,3-4,11-13,15H2,1-2H3,(H2,36,49)(H2,37,50)(H,43,51)(H,44,54)(H,45,52)(H,46,53)(H4,38,39,41)/t22-,23-,24-,25-/m0/s1. The highest BCUT2D eigenvalue weighted by Gasteiger charge is 2.32. The number of aromatic nitrogens is 3. The highest BCUT2D eigenvalue weighted by Crippen LogP contribution is 2.24. The molecular weight excluding hydrogens is 737 g/mol. The maximum atomic E-state index is 13.8. The van der Waals surface area contributed by atoms with Crippen molar-refractivity contribution in [2.75, 3.05) is 6.54 Å². The number of rotatable bonds is 21. The minimum Gasteiger partial charge on any atom is -0.370 e. The molecule has 4 atom stereocenters. The predicted molar refractivity (Wildman–Crippen MR) is 198 cm³/mol. The van der Waals surface area contributed by atoms with E-state index in [4.69, 9.17) is 22.9 Å². The van der Waals surface area contributed by atoms with Crippen molar-refractivity contribution in [2.24, 2.45) is 33.8 Å². The summed E-state index contributed by atoms with van der Waals surface area (Å²) in [6.45, 7) is 3.56. The van der Waals surface area contributed by atoms with Gasteiger partial charge in [-0.15, -0.1) is 0 Å². The highest BCUT2D eigenvalue weighted by atomic mass is 19.1. The number of carbonyl (C=O) groups excluding carboxylic acids is 6. The van der Waals surface area contributed by atoms with Gasteiger partial charge in [0.2, 0.25) is 29.5 Å². The third kappa shape index (κ3) is 13.4. The number of carbonyl (C=O) groups is 6. The number of hydrogen-bond acceptors (Lipinski definition) is 11. The fraction of sp³-hybridized carbons (Fsp3) is 0.382. The van der Waals surface area contributed by atoms with Gasteiger partial charge in [0.1, 0.15) is 48.3 Å². The fourth-order valence-corrected chi connectivity index (χ4v) is 5.36. The van der Waals surface area contributed by atoms with Gasteiger partial charge in [-0.2, -0.15) is 5.10 Å². The number of nitro benzene ring substituents is 1. The first-order chi connectivity index (χ1) is 26.4. The molecule has 21 nitrogen and oxygen atoms in total. The van der Waals surface area contributed by atoms with Gasteiger partial charge >= 0.3 is 0 Å². The molecule has 0 fully saturated rings. The largest absolute Gasteiger partial charge is 0.370 e. The van der Waals surface area contributed by atoms with Gasteiger partial charge in [-0.05, 0) is 55.0 Å². The number of nitrogens with one attached hydrogen (secondary N) is 4. The molecule has 3 aromatic rings. The first kappa shape index (κ1) is 43.4. The molecule has 6 amide bonds. The second-order valence-electron chi connectivity index (χ2n) is 13.0. The molecule has 1 aromatic heterocycles. The quantitative estimate of drug-likeness (QED) is 0.0203. The van der Waals surface area contributed by atoms with Crippen LogP contribution >= 0.6 is 0 Å². The van der Waals surface area contributed by atoms with Crippen molar-refractivity contribution >= 4 is 47.1 Å². The molecule has 2 aromatic carbocycles. The van der Waals surface area contributed by atoms with Gasteiger partial charge < -0.3 is 44.2 Å². The van der Waals surface area contributed by atoms with Gasteiger partial charge in [-0.3, -0.25) is 43.9 Å². The lowest BCUT2D eigenvalue weighted by Crippen LogP contribution is -2.59. The number of nitrogens with two attached hydrogens (primary N) is 4. The lowest BCUT2D eigenvalue weighted by Gasteiger charge is -2.26. The molecular formula is C34H44FN13O8. The lowest BCUT2D eigenvalue weighted by molar-refractivity contribution is -0.384. The second kappa shape index (κ2) is 20.5. The number of amides is 6. The van der Waals surface area contributed by atoms with E-state index in [-0.39, 0.29) is 55.4 Å². The van der Waals surface area contributed by atoms with Crippen LogP contribution in [0.1, 0.15) is 55.5 Å². The highest BCUT2D eigenvalue weighted by molar-refractivity contribution is 6.00. The van der Waals surface area contributed by atoms with Crippen molar-refractivity contribution in [3.63, 3.8) is 0 Å². The van der Waals surface area contributed by atoms with Gasteiger partial charge in [0.05, 0.1) is 11.3 Å². The molecule has 300 valence electrons. The van der Waals surface area contributed by atoms with Crippen LogP contribution in [0.5, 0.6) is 0 Å². The molecule has 0 aliphatic rings. The number of nitrogens with zero attached hydrogens (tertiary/aromatic N) is 5. The Morgan fingerprint density at radius 1 is 0.875 bits per heavy atom. The molecule has 0 unspecified atom stereocenters. The Morgan fingerprint density at radius 3 is 2.07 bits per heavy atom. The molecule has 56 heavy (non-hydrogen) atoms. The molecule has 0 saturated carbocycles. The normalized spacial score (nSPS) is 13.0. The van der Waals surface area contributed by atoms with E-state index >= 15 is 0 Å². The third-order valence-corrected chi connectivity index (χ3v) is 8.06. The van der Waals surface area contributed by atoms with Crippen molar-refractivity contribution in [1.29, 1.82) is 0 Å². The zero-order valence-electron chi connectivity index (χ0n) is 30.5. The van der Waals surface area contributed by atoms with Gasteiger partial charge in [0.15, 0.2) is 5.96 Å². The summed E-state index contributed by atoms with van der Waals surface area (Å²) < 4.78 is 14.5. The fourth-order valence-electron chi connectivity index (χ4n) is 5.36. The van der Waals surface area contributed by atoms with Crippen LogP contribution in [0.3, 0.4) is 0 Å². The van der Waals surface area contributed by atoms with Gasteiger partial charge in [-0.25, -0.2) is 14.1 Å². The summed E-state index contributed by atoms with van der Waals surface area (Å²) >= 11 is 0. The van der Waals surface area contributed by atoms with Crippen LogP contribution in [0.15, 0.2) is 60.1 Å².